The van der Waals surface area contributed by atoms with Crippen LogP contribution in [0, 0.1) is 10.1 Å². The normalized spacial score (nSPS) is 17.4. The second-order valence-corrected chi connectivity index (χ2v) is 6.39. The summed E-state index contributed by atoms with van der Waals surface area (Å²) >= 11 is 0. The molecule has 1 aromatic heterocycles. The first-order valence-electron chi connectivity index (χ1n) is 8.24. The quantitative estimate of drug-likeness (QED) is 0.635. The van der Waals surface area contributed by atoms with Crippen LogP contribution in [0.2, 0.25) is 0 Å². The summed E-state index contributed by atoms with van der Waals surface area (Å²) in [6.45, 7) is 2.31. The highest BCUT2D eigenvalue weighted by molar-refractivity contribution is 5.42. The van der Waals surface area contributed by atoms with Gasteiger partial charge in [0.1, 0.15) is 5.82 Å². The predicted molar refractivity (Wildman–Crippen MR) is 96.8 cm³/mol. The van der Waals surface area contributed by atoms with Gasteiger partial charge in [-0.15, -0.1) is 0 Å². The van der Waals surface area contributed by atoms with Gasteiger partial charge >= 0.3 is 0 Å². The lowest BCUT2D eigenvalue weighted by molar-refractivity contribution is -0.385. The second-order valence-electron chi connectivity index (χ2n) is 6.39. The highest BCUT2D eigenvalue weighted by atomic mass is 16.6. The molecule has 2 heterocycles. The van der Waals surface area contributed by atoms with Gasteiger partial charge in [-0.1, -0.05) is 18.2 Å². The maximum atomic E-state index is 11.1. The zero-order chi connectivity index (χ0) is 17.8. The van der Waals surface area contributed by atoms with E-state index >= 15 is 0 Å². The van der Waals surface area contributed by atoms with Crippen molar-refractivity contribution in [1.29, 1.82) is 0 Å². The lowest BCUT2D eigenvalue weighted by Gasteiger charge is -2.18. The van der Waals surface area contributed by atoms with Gasteiger partial charge in [-0.3, -0.25) is 15.0 Å². The fraction of sp³-hybridized carbons (Fsp3) is 0.412. The monoisotopic (exact) mass is 342 g/mol. The first-order valence-corrected chi connectivity index (χ1v) is 8.24. The first-order chi connectivity index (χ1) is 12.0. The molecule has 2 aromatic rings. The van der Waals surface area contributed by atoms with Crippen molar-refractivity contribution in [3.05, 3.63) is 52.2 Å². The van der Waals surface area contributed by atoms with Gasteiger partial charge in [-0.2, -0.15) is 4.98 Å². The Hall–Kier alpha value is -2.74. The van der Waals surface area contributed by atoms with Crippen LogP contribution in [0.1, 0.15) is 12.0 Å². The van der Waals surface area contributed by atoms with Gasteiger partial charge in [0, 0.05) is 57.6 Å². The van der Waals surface area contributed by atoms with Crippen LogP contribution in [0.3, 0.4) is 0 Å². The number of anilines is 2. The lowest BCUT2D eigenvalue weighted by atomic mass is 10.1. The molecule has 3 rings (SSSR count). The first kappa shape index (κ1) is 17.1. The van der Waals surface area contributed by atoms with Gasteiger partial charge in [0.2, 0.25) is 5.95 Å². The van der Waals surface area contributed by atoms with Crippen LogP contribution in [-0.2, 0) is 6.54 Å². The summed E-state index contributed by atoms with van der Waals surface area (Å²) in [5.74, 6) is 1.47. The summed E-state index contributed by atoms with van der Waals surface area (Å²) in [7, 11) is 3.81. The molecule has 0 spiro atoms. The van der Waals surface area contributed by atoms with Gasteiger partial charge in [-0.25, -0.2) is 4.98 Å². The molecule has 0 radical (unpaired) electrons. The number of hydrogen-bond acceptors (Lipinski definition) is 7. The second kappa shape index (κ2) is 7.43. The average Bonchev–Trinajstić information content (AvgIpc) is 3.02. The zero-order valence-electron chi connectivity index (χ0n) is 14.4. The summed E-state index contributed by atoms with van der Waals surface area (Å²) in [6.07, 6.45) is 2.71. The molecule has 1 fully saturated rings. The van der Waals surface area contributed by atoms with Crippen LogP contribution in [0.15, 0.2) is 36.5 Å². The van der Waals surface area contributed by atoms with E-state index in [0.717, 1.165) is 30.9 Å². The number of hydrogen-bond donors (Lipinski definition) is 1. The third-order valence-corrected chi connectivity index (χ3v) is 4.25. The Balaban J connectivity index is 1.61. The summed E-state index contributed by atoms with van der Waals surface area (Å²) < 4.78 is 0. The van der Waals surface area contributed by atoms with Crippen molar-refractivity contribution >= 4 is 17.5 Å². The van der Waals surface area contributed by atoms with E-state index in [1.165, 1.54) is 0 Å². The van der Waals surface area contributed by atoms with Crippen LogP contribution >= 0.6 is 0 Å². The topological polar surface area (TPSA) is 87.4 Å². The minimum Gasteiger partial charge on any atom is -0.366 e. The molecule has 25 heavy (non-hydrogen) atoms. The Labute approximate surface area is 146 Å². The molecule has 132 valence electrons. The largest absolute Gasteiger partial charge is 0.366 e. The van der Waals surface area contributed by atoms with E-state index in [-0.39, 0.29) is 16.7 Å². The van der Waals surface area contributed by atoms with E-state index in [9.17, 15) is 10.1 Å². The van der Waals surface area contributed by atoms with Crippen molar-refractivity contribution in [1.82, 2.24) is 14.9 Å². The smallest absolute Gasteiger partial charge is 0.273 e. The van der Waals surface area contributed by atoms with Crippen LogP contribution in [0.4, 0.5) is 17.5 Å². The maximum Gasteiger partial charge on any atom is 0.273 e. The SMILES string of the molecule is CN(C)c1nccc(NC2CCN(Cc3ccccc3[N+](=O)[O-])C2)n1. The third kappa shape index (κ3) is 4.21. The third-order valence-electron chi connectivity index (χ3n) is 4.25. The number of para-hydroxylation sites is 1. The van der Waals surface area contributed by atoms with Crippen molar-refractivity contribution in [2.45, 2.75) is 19.0 Å². The Morgan fingerprint density at radius 3 is 2.92 bits per heavy atom. The molecule has 1 aliphatic rings. The molecule has 8 heteroatoms. The molecule has 1 atom stereocenters. The summed E-state index contributed by atoms with van der Waals surface area (Å²) in [5, 5.41) is 14.6. The lowest BCUT2D eigenvalue weighted by Crippen LogP contribution is -2.26. The molecule has 1 aromatic carbocycles. The van der Waals surface area contributed by atoms with E-state index in [1.54, 1.807) is 18.3 Å². The Bertz CT molecular complexity index is 751. The zero-order valence-corrected chi connectivity index (χ0v) is 14.4. The molecule has 0 aliphatic carbocycles. The van der Waals surface area contributed by atoms with Crippen LogP contribution in [-0.4, -0.2) is 53.0 Å². The van der Waals surface area contributed by atoms with Crippen molar-refractivity contribution in [3.8, 4) is 0 Å². The molecule has 8 nitrogen and oxygen atoms in total. The number of nitro groups is 1. The number of rotatable bonds is 6. The molecular formula is C17H22N6O2. The van der Waals surface area contributed by atoms with E-state index in [0.29, 0.717) is 12.5 Å². The van der Waals surface area contributed by atoms with Gasteiger partial charge in [0.15, 0.2) is 0 Å². The van der Waals surface area contributed by atoms with Gasteiger partial charge in [0.25, 0.3) is 5.69 Å². The molecule has 0 amide bonds. The number of nitrogens with zero attached hydrogens (tertiary/aromatic N) is 5. The minimum absolute atomic E-state index is 0.185. The summed E-state index contributed by atoms with van der Waals surface area (Å²) in [4.78, 5) is 23.6. The molecule has 1 aliphatic heterocycles. The Morgan fingerprint density at radius 1 is 1.36 bits per heavy atom. The van der Waals surface area contributed by atoms with Crippen molar-refractivity contribution in [3.63, 3.8) is 0 Å². The van der Waals surface area contributed by atoms with Crippen LogP contribution < -0.4 is 10.2 Å². The summed E-state index contributed by atoms with van der Waals surface area (Å²) in [5.41, 5.74) is 0.940. The number of nitrogens with one attached hydrogen (secondary N) is 1. The molecular weight excluding hydrogens is 320 g/mol. The molecule has 1 N–H and O–H groups in total. The highest BCUT2D eigenvalue weighted by Gasteiger charge is 2.25. The molecule has 1 unspecified atom stereocenters. The van der Waals surface area contributed by atoms with Gasteiger partial charge in [-0.05, 0) is 12.5 Å². The average molecular weight is 342 g/mol. The highest BCUT2D eigenvalue weighted by Crippen LogP contribution is 2.23. The molecule has 0 bridgehead atoms. The number of nitro benzene ring substituents is 1. The van der Waals surface area contributed by atoms with Crippen LogP contribution in [0.25, 0.3) is 0 Å². The van der Waals surface area contributed by atoms with E-state index in [2.05, 4.69) is 20.2 Å². The predicted octanol–water partition coefficient (Wildman–Crippen LogP) is 2.14. The molecule has 0 saturated carbocycles. The van der Waals surface area contributed by atoms with Crippen molar-refractivity contribution < 1.29 is 4.92 Å². The fourth-order valence-electron chi connectivity index (χ4n) is 3.01. The van der Waals surface area contributed by atoms with E-state index in [4.69, 9.17) is 0 Å². The number of benzene rings is 1. The standard InChI is InChI=1S/C17H22N6O2/c1-21(2)17-18-9-7-16(20-17)19-14-8-10-22(12-14)11-13-5-3-4-6-15(13)23(24)25/h3-7,9,14H,8,10-12H2,1-2H3,(H,18,19,20). The summed E-state index contributed by atoms with van der Waals surface area (Å²) in [6, 6.07) is 9.06. The van der Waals surface area contributed by atoms with E-state index < -0.39 is 0 Å². The Kier molecular flexibility index (Phi) is 5.08. The van der Waals surface area contributed by atoms with Crippen molar-refractivity contribution in [2.75, 3.05) is 37.4 Å². The van der Waals surface area contributed by atoms with Gasteiger partial charge < -0.3 is 10.2 Å². The number of likely N-dealkylation sites (tertiary alicyclic amines) is 1. The molecule has 1 saturated heterocycles. The van der Waals surface area contributed by atoms with Crippen LogP contribution in [0.5, 0.6) is 0 Å². The van der Waals surface area contributed by atoms with Crippen molar-refractivity contribution in [2.24, 2.45) is 0 Å². The van der Waals surface area contributed by atoms with E-state index in [1.807, 2.05) is 37.2 Å². The Morgan fingerprint density at radius 2 is 2.16 bits per heavy atom. The van der Waals surface area contributed by atoms with Gasteiger partial charge in [0.05, 0.1) is 4.92 Å². The number of aromatic nitrogens is 2. The fourth-order valence-corrected chi connectivity index (χ4v) is 3.01. The minimum atomic E-state index is -0.315. The maximum absolute atomic E-state index is 11.1.